The Morgan fingerprint density at radius 2 is 2.20 bits per heavy atom. The van der Waals surface area contributed by atoms with E-state index in [2.05, 4.69) is 17.1 Å². The summed E-state index contributed by atoms with van der Waals surface area (Å²) < 4.78 is 0. The molecule has 1 aromatic rings. The second-order valence-electron chi connectivity index (χ2n) is 3.66. The predicted molar refractivity (Wildman–Crippen MR) is 66.0 cm³/mol. The van der Waals surface area contributed by atoms with Crippen LogP contribution in [0.4, 0.5) is 5.82 Å². The van der Waals surface area contributed by atoms with Crippen LogP contribution in [-0.4, -0.2) is 28.3 Å². The van der Waals surface area contributed by atoms with Crippen LogP contribution in [0.5, 0.6) is 0 Å². The number of anilines is 1. The molecule has 0 spiro atoms. The van der Waals surface area contributed by atoms with Crippen LogP contribution in [0.25, 0.3) is 0 Å². The van der Waals surface area contributed by atoms with Crippen molar-refractivity contribution in [2.45, 2.75) is 26.3 Å². The maximum absolute atomic E-state index is 5.50. The van der Waals surface area contributed by atoms with E-state index >= 15 is 0 Å². The van der Waals surface area contributed by atoms with Crippen molar-refractivity contribution in [1.82, 2.24) is 10.2 Å². The van der Waals surface area contributed by atoms with Crippen molar-refractivity contribution >= 4 is 23.0 Å². The van der Waals surface area contributed by atoms with Gasteiger partial charge in [0.2, 0.25) is 0 Å². The third-order valence-electron chi connectivity index (χ3n) is 2.30. The minimum absolute atomic E-state index is 0.236. The van der Waals surface area contributed by atoms with Crippen molar-refractivity contribution in [3.05, 3.63) is 17.8 Å². The van der Waals surface area contributed by atoms with Gasteiger partial charge in [0.05, 0.1) is 10.7 Å². The van der Waals surface area contributed by atoms with Gasteiger partial charge in [-0.2, -0.15) is 5.10 Å². The molecule has 15 heavy (non-hydrogen) atoms. The summed E-state index contributed by atoms with van der Waals surface area (Å²) in [5.74, 6) is 0.837. The van der Waals surface area contributed by atoms with E-state index < -0.39 is 0 Å². The van der Waals surface area contributed by atoms with E-state index in [0.717, 1.165) is 11.5 Å². The molecule has 1 heterocycles. The normalized spacial score (nSPS) is 12.2. The Morgan fingerprint density at radius 3 is 2.67 bits per heavy atom. The van der Waals surface area contributed by atoms with E-state index in [1.165, 1.54) is 0 Å². The second-order valence-corrected chi connectivity index (χ2v) is 4.19. The van der Waals surface area contributed by atoms with E-state index in [9.17, 15) is 0 Å². The third-order valence-corrected chi connectivity index (χ3v) is 2.47. The molecule has 0 saturated heterocycles. The Hall–Kier alpha value is -1.23. The van der Waals surface area contributed by atoms with Gasteiger partial charge in [-0.15, -0.1) is 5.10 Å². The molecule has 1 unspecified atom stereocenters. The summed E-state index contributed by atoms with van der Waals surface area (Å²) in [5.41, 5.74) is 6.41. The average Bonchev–Trinajstić information content (AvgIpc) is 2.17. The molecule has 0 saturated carbocycles. The fourth-order valence-electron chi connectivity index (χ4n) is 1.23. The Labute approximate surface area is 95.5 Å². The largest absolute Gasteiger partial charge is 0.393 e. The van der Waals surface area contributed by atoms with Crippen LogP contribution in [0.15, 0.2) is 12.1 Å². The van der Waals surface area contributed by atoms with Gasteiger partial charge in [-0.25, -0.2) is 0 Å². The first kappa shape index (κ1) is 11.8. The molecule has 82 valence electrons. The molecular formula is C10H16N4S. The van der Waals surface area contributed by atoms with Crippen LogP contribution in [0.2, 0.25) is 0 Å². The minimum atomic E-state index is 0.236. The lowest BCUT2D eigenvalue weighted by atomic mass is 10.2. The number of rotatable bonds is 4. The predicted octanol–water partition coefficient (Wildman–Crippen LogP) is 1.29. The summed E-state index contributed by atoms with van der Waals surface area (Å²) in [4.78, 5) is 2.54. The molecule has 0 fully saturated rings. The topological polar surface area (TPSA) is 55.0 Å². The number of hydrogen-bond donors (Lipinski definition) is 1. The highest BCUT2D eigenvalue weighted by atomic mass is 32.1. The Kier molecular flexibility index (Phi) is 3.96. The summed E-state index contributed by atoms with van der Waals surface area (Å²) in [7, 11) is 1.96. The number of aryl methyl sites for hydroxylation is 1. The minimum Gasteiger partial charge on any atom is -0.393 e. The van der Waals surface area contributed by atoms with Crippen molar-refractivity contribution < 1.29 is 0 Å². The maximum atomic E-state index is 5.50. The first-order chi connectivity index (χ1) is 7.00. The zero-order chi connectivity index (χ0) is 11.4. The Bertz CT molecular complexity index is 336. The van der Waals surface area contributed by atoms with Crippen molar-refractivity contribution in [3.8, 4) is 0 Å². The van der Waals surface area contributed by atoms with E-state index in [-0.39, 0.29) is 6.04 Å². The number of aromatic nitrogens is 2. The van der Waals surface area contributed by atoms with E-state index in [1.54, 1.807) is 0 Å². The van der Waals surface area contributed by atoms with Crippen LogP contribution >= 0.6 is 12.2 Å². The zero-order valence-corrected chi connectivity index (χ0v) is 10.1. The standard InChI is InChI=1S/C10H16N4S/c1-7-4-5-10(13-12-7)14(3)8(2)6-9(11)15/h4-5,8H,6H2,1-3H3,(H2,11,15). The van der Waals surface area contributed by atoms with Crippen LogP contribution in [0, 0.1) is 6.92 Å². The highest BCUT2D eigenvalue weighted by Gasteiger charge is 2.12. The summed E-state index contributed by atoms with van der Waals surface area (Å²) >= 11 is 4.88. The maximum Gasteiger partial charge on any atom is 0.151 e. The van der Waals surface area contributed by atoms with Gasteiger partial charge in [-0.1, -0.05) is 12.2 Å². The molecule has 0 aromatic carbocycles. The molecule has 1 atom stereocenters. The lowest BCUT2D eigenvalue weighted by molar-refractivity contribution is 0.697. The van der Waals surface area contributed by atoms with Crippen molar-refractivity contribution in [2.75, 3.05) is 11.9 Å². The Balaban J connectivity index is 2.71. The summed E-state index contributed by atoms with van der Waals surface area (Å²) in [5, 5.41) is 8.10. The first-order valence-electron chi connectivity index (χ1n) is 4.82. The highest BCUT2D eigenvalue weighted by Crippen LogP contribution is 2.12. The zero-order valence-electron chi connectivity index (χ0n) is 9.27. The van der Waals surface area contributed by atoms with E-state index in [4.69, 9.17) is 18.0 Å². The lowest BCUT2D eigenvalue weighted by Crippen LogP contribution is -2.33. The lowest BCUT2D eigenvalue weighted by Gasteiger charge is -2.24. The molecule has 0 amide bonds. The highest BCUT2D eigenvalue weighted by molar-refractivity contribution is 7.80. The number of nitrogens with two attached hydrogens (primary N) is 1. The molecule has 0 aliphatic heterocycles. The molecule has 5 heteroatoms. The molecule has 1 rings (SSSR count). The van der Waals surface area contributed by atoms with Crippen molar-refractivity contribution in [3.63, 3.8) is 0 Å². The second kappa shape index (κ2) is 5.02. The van der Waals surface area contributed by atoms with Crippen LogP contribution in [0.3, 0.4) is 0 Å². The van der Waals surface area contributed by atoms with Gasteiger partial charge < -0.3 is 10.6 Å². The van der Waals surface area contributed by atoms with Gasteiger partial charge in [0, 0.05) is 19.5 Å². The number of hydrogen-bond acceptors (Lipinski definition) is 4. The molecule has 0 bridgehead atoms. The van der Waals surface area contributed by atoms with Crippen molar-refractivity contribution in [1.29, 1.82) is 0 Å². The summed E-state index contributed by atoms with van der Waals surface area (Å²) in [6.45, 7) is 3.97. The molecule has 0 radical (unpaired) electrons. The number of thiocarbonyl (C=S) groups is 1. The molecule has 4 nitrogen and oxygen atoms in total. The van der Waals surface area contributed by atoms with E-state index in [0.29, 0.717) is 11.4 Å². The molecule has 0 aliphatic rings. The fraction of sp³-hybridized carbons (Fsp3) is 0.500. The van der Waals surface area contributed by atoms with E-state index in [1.807, 2.05) is 31.0 Å². The monoisotopic (exact) mass is 224 g/mol. The van der Waals surface area contributed by atoms with Crippen LogP contribution in [0.1, 0.15) is 19.0 Å². The smallest absolute Gasteiger partial charge is 0.151 e. The SMILES string of the molecule is Cc1ccc(N(C)C(C)CC(N)=S)nn1. The Morgan fingerprint density at radius 1 is 1.53 bits per heavy atom. The molecule has 0 aliphatic carbocycles. The molecular weight excluding hydrogens is 208 g/mol. The summed E-state index contributed by atoms with van der Waals surface area (Å²) in [6, 6.07) is 4.12. The quantitative estimate of drug-likeness (QED) is 0.781. The fourth-order valence-corrected chi connectivity index (χ4v) is 1.48. The van der Waals surface area contributed by atoms with Crippen LogP contribution < -0.4 is 10.6 Å². The van der Waals surface area contributed by atoms with Crippen LogP contribution in [-0.2, 0) is 0 Å². The molecule has 1 aromatic heterocycles. The van der Waals surface area contributed by atoms with Gasteiger partial charge in [0.25, 0.3) is 0 Å². The van der Waals surface area contributed by atoms with Gasteiger partial charge in [-0.3, -0.25) is 0 Å². The van der Waals surface area contributed by atoms with Crippen molar-refractivity contribution in [2.24, 2.45) is 5.73 Å². The molecule has 2 N–H and O–H groups in total. The van der Waals surface area contributed by atoms with Gasteiger partial charge in [-0.05, 0) is 26.0 Å². The number of nitrogens with zero attached hydrogens (tertiary/aromatic N) is 3. The van der Waals surface area contributed by atoms with Gasteiger partial charge in [0.1, 0.15) is 0 Å². The first-order valence-corrected chi connectivity index (χ1v) is 5.23. The van der Waals surface area contributed by atoms with Gasteiger partial charge in [0.15, 0.2) is 5.82 Å². The third kappa shape index (κ3) is 3.43. The summed E-state index contributed by atoms with van der Waals surface area (Å²) in [6.07, 6.45) is 0.682. The van der Waals surface area contributed by atoms with Gasteiger partial charge >= 0.3 is 0 Å². The average molecular weight is 224 g/mol.